The van der Waals surface area contributed by atoms with Crippen LogP contribution in [0.25, 0.3) is 0 Å². The Morgan fingerprint density at radius 2 is 1.67 bits per heavy atom. The van der Waals surface area contributed by atoms with Gasteiger partial charge < -0.3 is 10.1 Å². The Labute approximate surface area is 210 Å². The number of nitrogens with zero attached hydrogens (tertiary/aromatic N) is 2. The first-order valence-corrected chi connectivity index (χ1v) is 14.6. The molecule has 0 radical (unpaired) electrons. The quantitative estimate of drug-likeness (QED) is 0.255. The molecule has 0 spiro atoms. The molecule has 0 atom stereocenters. The third kappa shape index (κ3) is 11.5. The lowest BCUT2D eigenvalue weighted by molar-refractivity contribution is -0.110. The van der Waals surface area contributed by atoms with E-state index in [1.165, 1.54) is 36.4 Å². The molecule has 1 aromatic rings. The van der Waals surface area contributed by atoms with Crippen molar-refractivity contribution in [2.45, 2.75) is 70.9 Å². The Morgan fingerprint density at radius 1 is 1.03 bits per heavy atom. The van der Waals surface area contributed by atoms with E-state index in [9.17, 15) is 4.79 Å². The smallest absolute Gasteiger partial charge is 0.207 e. The maximum atomic E-state index is 10.5. The molecular weight excluding hydrogens is 450 g/mol. The summed E-state index contributed by atoms with van der Waals surface area (Å²) in [7, 11) is 5.40. The molecule has 1 amide bonds. The highest BCUT2D eigenvalue weighted by Gasteiger charge is 2.21. The Bertz CT molecular complexity index is 641. The first kappa shape index (κ1) is 28.5. The number of ether oxygens (including phenoxy) is 1. The van der Waals surface area contributed by atoms with Crippen LogP contribution in [0.3, 0.4) is 0 Å². The molecule has 3 rings (SSSR count). The molecule has 1 N–H and O–H groups in total. The molecule has 2 aliphatic rings. The fraction of sp³-hybridized carbons (Fsp3) is 0.731. The van der Waals surface area contributed by atoms with Crippen molar-refractivity contribution in [2.24, 2.45) is 17.8 Å². The van der Waals surface area contributed by atoms with Gasteiger partial charge in [-0.15, -0.1) is 0 Å². The molecule has 1 aromatic carbocycles. The molecule has 0 aliphatic carbocycles. The molecule has 2 aliphatic heterocycles. The van der Waals surface area contributed by atoms with E-state index in [4.69, 9.17) is 4.74 Å². The lowest BCUT2D eigenvalue weighted by Gasteiger charge is -2.33. The zero-order valence-corrected chi connectivity index (χ0v) is 22.9. The number of rotatable bonds is 10. The van der Waals surface area contributed by atoms with Crippen molar-refractivity contribution in [3.63, 3.8) is 0 Å². The van der Waals surface area contributed by atoms with Gasteiger partial charge in [-0.25, -0.2) is 4.31 Å². The van der Waals surface area contributed by atoms with Gasteiger partial charge in [0.2, 0.25) is 6.41 Å². The Balaban J connectivity index is 0.000000569. The van der Waals surface area contributed by atoms with Crippen molar-refractivity contribution < 1.29 is 9.53 Å². The van der Waals surface area contributed by atoms with Gasteiger partial charge in [0.1, 0.15) is 0 Å². The number of piperidine rings is 2. The van der Waals surface area contributed by atoms with E-state index in [1.807, 2.05) is 21.8 Å². The molecule has 7 heteroatoms. The van der Waals surface area contributed by atoms with E-state index >= 15 is 0 Å². The van der Waals surface area contributed by atoms with Gasteiger partial charge in [0, 0.05) is 44.3 Å². The second-order valence-corrected chi connectivity index (χ2v) is 12.2. The highest BCUT2D eigenvalue weighted by atomic mass is 33.1. The summed E-state index contributed by atoms with van der Waals surface area (Å²) >= 11 is 0. The van der Waals surface area contributed by atoms with Gasteiger partial charge in [0.05, 0.1) is 0 Å². The highest BCUT2D eigenvalue weighted by molar-refractivity contribution is 8.75. The predicted molar refractivity (Wildman–Crippen MR) is 143 cm³/mol. The maximum absolute atomic E-state index is 10.5. The lowest BCUT2D eigenvalue weighted by Crippen LogP contribution is -2.39. The normalized spacial score (nSPS) is 18.9. The fourth-order valence-corrected chi connectivity index (χ4v) is 6.46. The second kappa shape index (κ2) is 16.0. The number of likely N-dealkylation sites (tertiary alicyclic amines) is 1. The van der Waals surface area contributed by atoms with Crippen LogP contribution in [-0.4, -0.2) is 61.6 Å². The minimum atomic E-state index is 0.356. The van der Waals surface area contributed by atoms with E-state index in [1.54, 1.807) is 7.11 Å². The molecule has 2 saturated heterocycles. The number of methoxy groups -OCH3 is 1. The van der Waals surface area contributed by atoms with Crippen LogP contribution < -0.4 is 5.32 Å². The largest absolute Gasteiger partial charge is 0.384 e. The van der Waals surface area contributed by atoms with Crippen LogP contribution in [-0.2, 0) is 16.1 Å². The van der Waals surface area contributed by atoms with E-state index < -0.39 is 0 Å². The molecule has 0 bridgehead atoms. The minimum Gasteiger partial charge on any atom is -0.384 e. The highest BCUT2D eigenvalue weighted by Crippen LogP contribution is 2.35. The SMILES string of the molecule is CC(C)C1CCN(Cc2ccc(SSN3CCC(NC=O)CC3)cc2)CC1.COCC(C)C. The number of hydrogen-bond donors (Lipinski definition) is 1. The van der Waals surface area contributed by atoms with Crippen LogP contribution in [0.2, 0.25) is 0 Å². The summed E-state index contributed by atoms with van der Waals surface area (Å²) in [5.41, 5.74) is 1.42. The summed E-state index contributed by atoms with van der Waals surface area (Å²) in [6, 6.07) is 9.45. The fourth-order valence-electron chi connectivity index (χ4n) is 4.31. The van der Waals surface area contributed by atoms with Crippen molar-refractivity contribution in [3.8, 4) is 0 Å². The van der Waals surface area contributed by atoms with Gasteiger partial charge in [0.15, 0.2) is 0 Å². The summed E-state index contributed by atoms with van der Waals surface area (Å²) in [5.74, 6) is 2.42. The number of amides is 1. The van der Waals surface area contributed by atoms with Crippen molar-refractivity contribution in [3.05, 3.63) is 29.8 Å². The molecule has 2 heterocycles. The predicted octanol–water partition coefficient (Wildman–Crippen LogP) is 5.71. The van der Waals surface area contributed by atoms with Crippen molar-refractivity contribution in [1.29, 1.82) is 0 Å². The summed E-state index contributed by atoms with van der Waals surface area (Å²) in [6.07, 6.45) is 5.61. The van der Waals surface area contributed by atoms with Gasteiger partial charge in [-0.05, 0) is 96.0 Å². The summed E-state index contributed by atoms with van der Waals surface area (Å²) in [4.78, 5) is 14.4. The number of carbonyl (C=O) groups excluding carboxylic acids is 1. The van der Waals surface area contributed by atoms with Crippen LogP contribution in [0.1, 0.15) is 58.9 Å². The van der Waals surface area contributed by atoms with Gasteiger partial charge >= 0.3 is 0 Å². The number of carbonyl (C=O) groups is 1. The molecule has 188 valence electrons. The van der Waals surface area contributed by atoms with Crippen LogP contribution in [0.15, 0.2) is 29.2 Å². The van der Waals surface area contributed by atoms with Crippen LogP contribution in [0.4, 0.5) is 0 Å². The average molecular weight is 496 g/mol. The zero-order chi connectivity index (χ0) is 24.1. The third-order valence-corrected chi connectivity index (χ3v) is 8.95. The molecule has 2 fully saturated rings. The summed E-state index contributed by atoms with van der Waals surface area (Å²) in [6.45, 7) is 15.5. The van der Waals surface area contributed by atoms with Crippen LogP contribution >= 0.6 is 21.8 Å². The average Bonchev–Trinajstić information content (AvgIpc) is 2.80. The summed E-state index contributed by atoms with van der Waals surface area (Å²) < 4.78 is 7.21. The number of hydrogen-bond acceptors (Lipinski definition) is 6. The van der Waals surface area contributed by atoms with Crippen molar-refractivity contribution in [1.82, 2.24) is 14.5 Å². The Morgan fingerprint density at radius 3 is 2.15 bits per heavy atom. The van der Waals surface area contributed by atoms with Crippen molar-refractivity contribution >= 4 is 28.2 Å². The van der Waals surface area contributed by atoms with E-state index in [2.05, 4.69) is 66.5 Å². The molecule has 33 heavy (non-hydrogen) atoms. The monoisotopic (exact) mass is 495 g/mol. The molecular formula is C26H45N3O2S2. The van der Waals surface area contributed by atoms with E-state index in [-0.39, 0.29) is 0 Å². The first-order valence-electron chi connectivity index (χ1n) is 12.5. The number of benzene rings is 1. The zero-order valence-electron chi connectivity index (χ0n) is 21.3. The Hall–Kier alpha value is -0.730. The molecule has 0 saturated carbocycles. The lowest BCUT2D eigenvalue weighted by atomic mass is 9.86. The topological polar surface area (TPSA) is 44.8 Å². The second-order valence-electron chi connectivity index (χ2n) is 10.00. The van der Waals surface area contributed by atoms with Crippen molar-refractivity contribution in [2.75, 3.05) is 39.9 Å². The third-order valence-electron chi connectivity index (χ3n) is 6.40. The molecule has 0 unspecified atom stereocenters. The standard InChI is InChI=1S/C21H33N3OS2.C5H12O/c1-17(2)19-7-11-23(12-8-19)15-18-3-5-21(6-4-18)26-27-24-13-9-20(10-14-24)22-16-25;1-5(2)4-6-3/h3-6,16-17,19-20H,7-15H2,1-2H3,(H,22,25);5H,4H2,1-3H3. The first-order chi connectivity index (χ1) is 15.9. The van der Waals surface area contributed by atoms with Crippen LogP contribution in [0.5, 0.6) is 0 Å². The van der Waals surface area contributed by atoms with Crippen LogP contribution in [0, 0.1) is 17.8 Å². The van der Waals surface area contributed by atoms with E-state index in [0.717, 1.165) is 57.3 Å². The maximum Gasteiger partial charge on any atom is 0.207 e. The minimum absolute atomic E-state index is 0.356. The molecule has 0 aromatic heterocycles. The van der Waals surface area contributed by atoms with E-state index in [0.29, 0.717) is 12.0 Å². The van der Waals surface area contributed by atoms with Gasteiger partial charge in [-0.3, -0.25) is 9.69 Å². The number of nitrogens with one attached hydrogen (secondary N) is 1. The van der Waals surface area contributed by atoms with Gasteiger partial charge in [0.25, 0.3) is 0 Å². The molecule has 5 nitrogen and oxygen atoms in total. The van der Waals surface area contributed by atoms with Gasteiger partial charge in [-0.1, -0.05) is 39.8 Å². The summed E-state index contributed by atoms with van der Waals surface area (Å²) in [5, 5.41) is 2.90. The Kier molecular flexibility index (Phi) is 13.9. The van der Waals surface area contributed by atoms with Gasteiger partial charge in [-0.2, -0.15) is 0 Å².